The van der Waals surface area contributed by atoms with Crippen LogP contribution < -0.4 is 19.1 Å². The molecule has 0 saturated carbocycles. The van der Waals surface area contributed by atoms with Gasteiger partial charge in [-0.1, -0.05) is 29.8 Å². The Kier molecular flexibility index (Phi) is 10.6. The third kappa shape index (κ3) is 8.48. The molecule has 3 aromatic rings. The summed E-state index contributed by atoms with van der Waals surface area (Å²) in [4.78, 5) is 28.7. The highest BCUT2D eigenvalue weighted by molar-refractivity contribution is 7.92. The summed E-state index contributed by atoms with van der Waals surface area (Å²) in [7, 11) is -2.59. The topological polar surface area (TPSA) is 105 Å². The minimum atomic E-state index is -4.15. The zero-order valence-corrected chi connectivity index (χ0v) is 26.2. The second-order valence-corrected chi connectivity index (χ2v) is 12.9. The molecule has 0 aliphatic heterocycles. The number of carbonyl (C=O) groups is 2. The highest BCUT2D eigenvalue weighted by Crippen LogP contribution is 2.27. The summed E-state index contributed by atoms with van der Waals surface area (Å²) in [6.45, 7) is 11.0. The quantitative estimate of drug-likeness (QED) is 0.318. The monoisotopic (exact) mass is 595 g/mol. The molecule has 3 rings (SSSR count). The molecule has 0 heterocycles. The van der Waals surface area contributed by atoms with E-state index in [1.54, 1.807) is 74.7 Å². The highest BCUT2D eigenvalue weighted by Gasteiger charge is 2.33. The molecule has 42 heavy (non-hydrogen) atoms. The minimum Gasteiger partial charge on any atom is -0.497 e. The van der Waals surface area contributed by atoms with Crippen molar-refractivity contribution in [1.82, 2.24) is 10.2 Å². The molecule has 10 heteroatoms. The molecular weight excluding hydrogens is 554 g/mol. The number of ether oxygens (including phenoxy) is 2. The molecule has 0 radical (unpaired) electrons. The zero-order valence-electron chi connectivity index (χ0n) is 25.4. The maximum Gasteiger partial charge on any atom is 0.264 e. The number of sulfonamides is 1. The largest absolute Gasteiger partial charge is 0.497 e. The Morgan fingerprint density at radius 2 is 1.48 bits per heavy atom. The van der Waals surface area contributed by atoms with E-state index in [1.165, 1.54) is 17.0 Å². The van der Waals surface area contributed by atoms with Gasteiger partial charge in [-0.2, -0.15) is 0 Å². The van der Waals surface area contributed by atoms with E-state index in [4.69, 9.17) is 9.47 Å². The predicted octanol–water partition coefficient (Wildman–Crippen LogP) is 4.93. The van der Waals surface area contributed by atoms with Crippen LogP contribution in [0.1, 0.15) is 45.7 Å². The van der Waals surface area contributed by atoms with E-state index in [1.807, 2.05) is 34.6 Å². The van der Waals surface area contributed by atoms with Gasteiger partial charge in [-0.15, -0.1) is 0 Å². The number of carbonyl (C=O) groups excluding carboxylic acids is 2. The Hall–Kier alpha value is -4.05. The molecule has 1 atom stereocenters. The third-order valence-corrected chi connectivity index (χ3v) is 8.29. The Morgan fingerprint density at radius 1 is 0.905 bits per heavy atom. The minimum absolute atomic E-state index is 0.0509. The zero-order chi connectivity index (χ0) is 31.1. The Morgan fingerprint density at radius 3 is 2.00 bits per heavy atom. The lowest BCUT2D eigenvalue weighted by atomic mass is 10.1. The van der Waals surface area contributed by atoms with Crippen LogP contribution in [-0.2, 0) is 26.2 Å². The van der Waals surface area contributed by atoms with E-state index in [0.29, 0.717) is 23.8 Å². The fourth-order valence-electron chi connectivity index (χ4n) is 4.23. The first-order chi connectivity index (χ1) is 19.7. The van der Waals surface area contributed by atoms with Crippen molar-refractivity contribution < 1.29 is 27.5 Å². The molecule has 3 aromatic carbocycles. The maximum absolute atomic E-state index is 14.1. The summed E-state index contributed by atoms with van der Waals surface area (Å²) in [5.41, 5.74) is 1.43. The smallest absolute Gasteiger partial charge is 0.264 e. The van der Waals surface area contributed by atoms with Crippen LogP contribution in [0, 0.1) is 6.92 Å². The van der Waals surface area contributed by atoms with Crippen LogP contribution in [0.15, 0.2) is 77.7 Å². The first-order valence-corrected chi connectivity index (χ1v) is 15.3. The second-order valence-electron chi connectivity index (χ2n) is 11.0. The van der Waals surface area contributed by atoms with Gasteiger partial charge in [0, 0.05) is 12.1 Å². The maximum atomic E-state index is 14.1. The van der Waals surface area contributed by atoms with Crippen LogP contribution in [0.2, 0.25) is 0 Å². The van der Waals surface area contributed by atoms with Gasteiger partial charge in [0.15, 0.2) is 0 Å². The molecule has 0 aromatic heterocycles. The summed E-state index contributed by atoms with van der Waals surface area (Å²) in [6.07, 6.45) is 0. The van der Waals surface area contributed by atoms with Gasteiger partial charge in [0.05, 0.1) is 24.3 Å². The van der Waals surface area contributed by atoms with Crippen molar-refractivity contribution in [3.8, 4) is 11.5 Å². The lowest BCUT2D eigenvalue weighted by molar-refractivity contribution is -0.140. The van der Waals surface area contributed by atoms with E-state index in [2.05, 4.69) is 5.32 Å². The van der Waals surface area contributed by atoms with Crippen molar-refractivity contribution in [3.05, 3.63) is 83.9 Å². The summed E-state index contributed by atoms with van der Waals surface area (Å²) in [5.74, 6) is 0.347. The average Bonchev–Trinajstić information content (AvgIpc) is 2.94. The Balaban J connectivity index is 2.03. The van der Waals surface area contributed by atoms with Crippen molar-refractivity contribution in [2.75, 3.05) is 24.6 Å². The Bertz CT molecular complexity index is 1450. The van der Waals surface area contributed by atoms with E-state index < -0.39 is 34.1 Å². The first kappa shape index (κ1) is 32.5. The van der Waals surface area contributed by atoms with E-state index in [9.17, 15) is 18.0 Å². The Labute approximate surface area is 249 Å². The lowest BCUT2D eigenvalue weighted by Crippen LogP contribution is -2.54. The predicted molar refractivity (Wildman–Crippen MR) is 164 cm³/mol. The normalized spacial score (nSPS) is 12.3. The fraction of sp³-hybridized carbons (Fsp3) is 0.375. The summed E-state index contributed by atoms with van der Waals surface area (Å²) in [6, 6.07) is 19.3. The van der Waals surface area contributed by atoms with Gasteiger partial charge in [-0.3, -0.25) is 13.9 Å². The van der Waals surface area contributed by atoms with Crippen molar-refractivity contribution in [2.45, 2.75) is 64.6 Å². The molecule has 1 N–H and O–H groups in total. The van der Waals surface area contributed by atoms with Crippen LogP contribution in [0.4, 0.5) is 5.69 Å². The van der Waals surface area contributed by atoms with Crippen molar-refractivity contribution in [3.63, 3.8) is 0 Å². The molecule has 0 saturated heterocycles. The molecule has 0 bridgehead atoms. The van der Waals surface area contributed by atoms with Crippen molar-refractivity contribution in [1.29, 1.82) is 0 Å². The molecular formula is C32H41N3O6S. The van der Waals surface area contributed by atoms with Crippen molar-refractivity contribution >= 4 is 27.5 Å². The number of methoxy groups -OCH3 is 1. The molecule has 9 nitrogen and oxygen atoms in total. The number of nitrogens with zero attached hydrogens (tertiary/aromatic N) is 2. The van der Waals surface area contributed by atoms with Crippen LogP contribution >= 0.6 is 0 Å². The number of amides is 2. The van der Waals surface area contributed by atoms with Crippen LogP contribution in [0.25, 0.3) is 0 Å². The average molecular weight is 596 g/mol. The van der Waals surface area contributed by atoms with Gasteiger partial charge >= 0.3 is 0 Å². The van der Waals surface area contributed by atoms with E-state index >= 15 is 0 Å². The highest BCUT2D eigenvalue weighted by atomic mass is 32.2. The van der Waals surface area contributed by atoms with Crippen molar-refractivity contribution in [2.24, 2.45) is 0 Å². The van der Waals surface area contributed by atoms with Gasteiger partial charge in [-0.25, -0.2) is 8.42 Å². The van der Waals surface area contributed by atoms with Gasteiger partial charge in [0.1, 0.15) is 24.1 Å². The second kappa shape index (κ2) is 13.7. The summed E-state index contributed by atoms with van der Waals surface area (Å²) < 4.78 is 39.8. The van der Waals surface area contributed by atoms with Crippen LogP contribution in [-0.4, -0.2) is 57.0 Å². The van der Waals surface area contributed by atoms with Gasteiger partial charge in [-0.05, 0) is 95.6 Å². The number of hydrogen-bond donors (Lipinski definition) is 1. The third-order valence-electron chi connectivity index (χ3n) is 6.50. The number of anilines is 1. The van der Waals surface area contributed by atoms with Crippen LogP contribution in [0.3, 0.4) is 0 Å². The van der Waals surface area contributed by atoms with E-state index in [-0.39, 0.29) is 17.3 Å². The molecule has 226 valence electrons. The lowest BCUT2D eigenvalue weighted by Gasteiger charge is -2.33. The molecule has 0 aliphatic rings. The standard InChI is InChI=1S/C32H41N3O6S/c1-8-41-28-17-13-26(14-18-28)35(42(38,39)29-19-9-23(2)10-20-29)22-30(36)34(24(3)31(37)33-32(4,5)6)21-25-11-15-27(40-7)16-12-25/h9-20,24H,8,21-22H2,1-7H3,(H,33,37). The van der Waals surface area contributed by atoms with Gasteiger partial charge in [0.2, 0.25) is 11.8 Å². The first-order valence-electron chi connectivity index (χ1n) is 13.8. The van der Waals surface area contributed by atoms with Gasteiger partial charge < -0.3 is 19.7 Å². The van der Waals surface area contributed by atoms with Gasteiger partial charge in [0.25, 0.3) is 10.0 Å². The van der Waals surface area contributed by atoms with Crippen LogP contribution in [0.5, 0.6) is 11.5 Å². The molecule has 1 unspecified atom stereocenters. The SMILES string of the molecule is CCOc1ccc(N(CC(=O)N(Cc2ccc(OC)cc2)C(C)C(=O)NC(C)(C)C)S(=O)(=O)c2ccc(C)cc2)cc1. The number of nitrogens with one attached hydrogen (secondary N) is 1. The summed E-state index contributed by atoms with van der Waals surface area (Å²) >= 11 is 0. The number of rotatable bonds is 12. The molecule has 2 amide bonds. The summed E-state index contributed by atoms with van der Waals surface area (Å²) in [5, 5.41) is 2.92. The number of hydrogen-bond acceptors (Lipinski definition) is 6. The number of aryl methyl sites for hydroxylation is 1. The molecule has 0 fully saturated rings. The fourth-order valence-corrected chi connectivity index (χ4v) is 5.64. The van der Waals surface area contributed by atoms with E-state index in [0.717, 1.165) is 15.4 Å². The molecule has 0 aliphatic carbocycles. The molecule has 0 spiro atoms. The number of benzene rings is 3.